The molecule has 2 heterocycles. The molecular formula is C24H28N4O3. The average molecular weight is 421 g/mol. The van der Waals surface area contributed by atoms with Gasteiger partial charge >= 0.3 is 0 Å². The Balaban J connectivity index is 1.29. The second kappa shape index (κ2) is 8.89. The zero-order chi connectivity index (χ0) is 22.0. The van der Waals surface area contributed by atoms with Crippen molar-refractivity contribution in [2.24, 2.45) is 0 Å². The number of benzene rings is 2. The largest absolute Gasteiger partial charge is 0.368 e. The van der Waals surface area contributed by atoms with Crippen LogP contribution in [0.25, 0.3) is 0 Å². The van der Waals surface area contributed by atoms with Crippen LogP contribution in [0.5, 0.6) is 0 Å². The van der Waals surface area contributed by atoms with Crippen LogP contribution in [0.15, 0.2) is 48.5 Å². The maximum absolute atomic E-state index is 12.7. The van der Waals surface area contributed by atoms with Gasteiger partial charge in [-0.15, -0.1) is 0 Å². The summed E-state index contributed by atoms with van der Waals surface area (Å²) < 4.78 is 0. The van der Waals surface area contributed by atoms with Crippen LogP contribution in [0.1, 0.15) is 32.7 Å². The SMILES string of the molecule is CN(C)Cc1cccc(N2CCN(C(=O)CCN3C(=O)c4ccccc4C3=O)CC2)c1. The molecule has 2 aliphatic heterocycles. The van der Waals surface area contributed by atoms with Crippen molar-refractivity contribution in [3.05, 3.63) is 65.2 Å². The number of fused-ring (bicyclic) bond motifs is 1. The number of imide groups is 1. The number of carbonyl (C=O) groups excluding carboxylic acids is 3. The number of amides is 3. The smallest absolute Gasteiger partial charge is 0.261 e. The normalized spacial score (nSPS) is 16.3. The van der Waals surface area contributed by atoms with Crippen LogP contribution in [0.2, 0.25) is 0 Å². The molecule has 0 spiro atoms. The molecule has 0 aromatic heterocycles. The number of hydrogen-bond acceptors (Lipinski definition) is 5. The van der Waals surface area contributed by atoms with Gasteiger partial charge in [0.05, 0.1) is 11.1 Å². The van der Waals surface area contributed by atoms with Gasteiger partial charge in [-0.05, 0) is 43.9 Å². The van der Waals surface area contributed by atoms with Crippen molar-refractivity contribution in [1.29, 1.82) is 0 Å². The second-order valence-electron chi connectivity index (χ2n) is 8.33. The van der Waals surface area contributed by atoms with E-state index in [-0.39, 0.29) is 30.7 Å². The number of piperazine rings is 1. The van der Waals surface area contributed by atoms with Gasteiger partial charge in [0.25, 0.3) is 11.8 Å². The summed E-state index contributed by atoms with van der Waals surface area (Å²) in [5, 5.41) is 0. The van der Waals surface area contributed by atoms with E-state index in [2.05, 4.69) is 48.2 Å². The Hall–Kier alpha value is -3.19. The van der Waals surface area contributed by atoms with Crippen molar-refractivity contribution < 1.29 is 14.4 Å². The second-order valence-corrected chi connectivity index (χ2v) is 8.33. The zero-order valence-corrected chi connectivity index (χ0v) is 18.1. The van der Waals surface area contributed by atoms with E-state index in [0.717, 1.165) is 19.6 Å². The van der Waals surface area contributed by atoms with Gasteiger partial charge in [0.2, 0.25) is 5.91 Å². The van der Waals surface area contributed by atoms with Gasteiger partial charge in [-0.3, -0.25) is 19.3 Å². The lowest BCUT2D eigenvalue weighted by Crippen LogP contribution is -2.49. The molecule has 0 saturated carbocycles. The maximum atomic E-state index is 12.7. The summed E-state index contributed by atoms with van der Waals surface area (Å²) in [6, 6.07) is 15.3. The van der Waals surface area contributed by atoms with Gasteiger partial charge in [0.15, 0.2) is 0 Å². The third kappa shape index (κ3) is 4.46. The fourth-order valence-electron chi connectivity index (χ4n) is 4.24. The fraction of sp³-hybridized carbons (Fsp3) is 0.375. The third-order valence-electron chi connectivity index (χ3n) is 5.83. The van der Waals surface area contributed by atoms with E-state index >= 15 is 0 Å². The molecule has 0 radical (unpaired) electrons. The van der Waals surface area contributed by atoms with E-state index in [1.165, 1.54) is 16.2 Å². The Bertz CT molecular complexity index is 961. The minimum absolute atomic E-state index is 0.0161. The quantitative estimate of drug-likeness (QED) is 0.670. The Morgan fingerprint density at radius 1 is 0.903 bits per heavy atom. The van der Waals surface area contributed by atoms with E-state index in [9.17, 15) is 14.4 Å². The number of anilines is 1. The van der Waals surface area contributed by atoms with Gasteiger partial charge < -0.3 is 14.7 Å². The number of nitrogens with zero attached hydrogens (tertiary/aromatic N) is 4. The molecule has 162 valence electrons. The molecule has 0 aliphatic carbocycles. The molecule has 2 aromatic rings. The first-order valence-electron chi connectivity index (χ1n) is 10.7. The molecule has 31 heavy (non-hydrogen) atoms. The highest BCUT2D eigenvalue weighted by Crippen LogP contribution is 2.23. The predicted octanol–water partition coefficient (Wildman–Crippen LogP) is 2.08. The van der Waals surface area contributed by atoms with E-state index in [4.69, 9.17) is 0 Å². The number of rotatable bonds is 6. The third-order valence-corrected chi connectivity index (χ3v) is 5.83. The molecule has 4 rings (SSSR count). The molecule has 1 saturated heterocycles. The van der Waals surface area contributed by atoms with E-state index in [1.807, 2.05) is 4.90 Å². The molecular weight excluding hydrogens is 392 g/mol. The topological polar surface area (TPSA) is 64.2 Å². The van der Waals surface area contributed by atoms with Crippen LogP contribution in [0.3, 0.4) is 0 Å². The molecule has 1 fully saturated rings. The molecule has 0 bridgehead atoms. The highest BCUT2D eigenvalue weighted by molar-refractivity contribution is 6.21. The first-order chi connectivity index (χ1) is 14.9. The summed E-state index contributed by atoms with van der Waals surface area (Å²) in [7, 11) is 4.11. The van der Waals surface area contributed by atoms with E-state index in [1.54, 1.807) is 24.3 Å². The Kier molecular flexibility index (Phi) is 6.04. The Morgan fingerprint density at radius 2 is 1.55 bits per heavy atom. The summed E-state index contributed by atoms with van der Waals surface area (Å²) in [4.78, 5) is 45.1. The molecule has 0 N–H and O–H groups in total. The van der Waals surface area contributed by atoms with Crippen molar-refractivity contribution in [3.63, 3.8) is 0 Å². The standard InChI is InChI=1S/C24H28N4O3/c1-25(2)17-18-6-5-7-19(16-18)26-12-14-27(15-13-26)22(29)10-11-28-23(30)20-8-3-4-9-21(20)24(28)31/h3-9,16H,10-15,17H2,1-2H3. The van der Waals surface area contributed by atoms with Crippen molar-refractivity contribution in [2.75, 3.05) is 51.7 Å². The molecule has 2 aromatic carbocycles. The summed E-state index contributed by atoms with van der Waals surface area (Å²) in [6.45, 7) is 3.83. The van der Waals surface area contributed by atoms with E-state index < -0.39 is 0 Å². The van der Waals surface area contributed by atoms with Crippen LogP contribution in [0.4, 0.5) is 5.69 Å². The highest BCUT2D eigenvalue weighted by Gasteiger charge is 2.35. The van der Waals surface area contributed by atoms with E-state index in [0.29, 0.717) is 24.2 Å². The summed E-state index contributed by atoms with van der Waals surface area (Å²) >= 11 is 0. The molecule has 0 atom stereocenters. The van der Waals surface area contributed by atoms with Crippen LogP contribution in [-0.4, -0.2) is 79.2 Å². The first kappa shape index (κ1) is 21.1. The highest BCUT2D eigenvalue weighted by atomic mass is 16.2. The van der Waals surface area contributed by atoms with Gasteiger partial charge in [-0.25, -0.2) is 0 Å². The summed E-state index contributed by atoms with van der Waals surface area (Å²) in [5.74, 6) is -0.635. The van der Waals surface area contributed by atoms with Crippen LogP contribution in [0, 0.1) is 0 Å². The van der Waals surface area contributed by atoms with Crippen molar-refractivity contribution >= 4 is 23.4 Å². The van der Waals surface area contributed by atoms with Crippen molar-refractivity contribution in [3.8, 4) is 0 Å². The van der Waals surface area contributed by atoms with Crippen LogP contribution < -0.4 is 4.90 Å². The van der Waals surface area contributed by atoms with Crippen molar-refractivity contribution in [2.45, 2.75) is 13.0 Å². The Morgan fingerprint density at radius 3 is 2.16 bits per heavy atom. The fourth-order valence-corrected chi connectivity index (χ4v) is 4.24. The monoisotopic (exact) mass is 420 g/mol. The van der Waals surface area contributed by atoms with Crippen LogP contribution >= 0.6 is 0 Å². The van der Waals surface area contributed by atoms with Gasteiger partial charge in [-0.1, -0.05) is 24.3 Å². The molecule has 0 unspecified atom stereocenters. The minimum Gasteiger partial charge on any atom is -0.368 e. The molecule has 7 nitrogen and oxygen atoms in total. The number of hydrogen-bond donors (Lipinski definition) is 0. The lowest BCUT2D eigenvalue weighted by Gasteiger charge is -2.36. The molecule has 2 aliphatic rings. The molecule has 7 heteroatoms. The van der Waals surface area contributed by atoms with Crippen molar-refractivity contribution in [1.82, 2.24) is 14.7 Å². The van der Waals surface area contributed by atoms with Gasteiger partial charge in [0.1, 0.15) is 0 Å². The lowest BCUT2D eigenvalue weighted by molar-refractivity contribution is -0.131. The summed E-state index contributed by atoms with van der Waals surface area (Å²) in [5.41, 5.74) is 3.29. The maximum Gasteiger partial charge on any atom is 0.261 e. The van der Waals surface area contributed by atoms with Crippen LogP contribution in [-0.2, 0) is 11.3 Å². The first-order valence-corrected chi connectivity index (χ1v) is 10.7. The average Bonchev–Trinajstić information content (AvgIpc) is 3.02. The van der Waals surface area contributed by atoms with Gasteiger partial charge in [-0.2, -0.15) is 0 Å². The molecule has 3 amide bonds. The minimum atomic E-state index is -0.309. The number of carbonyl (C=O) groups is 3. The van der Waals surface area contributed by atoms with Gasteiger partial charge in [0, 0.05) is 51.4 Å². The lowest BCUT2D eigenvalue weighted by atomic mass is 10.1. The summed E-state index contributed by atoms with van der Waals surface area (Å²) in [6.07, 6.45) is 0.157. The predicted molar refractivity (Wildman–Crippen MR) is 119 cm³/mol. The zero-order valence-electron chi connectivity index (χ0n) is 18.1. The Labute approximate surface area is 182 Å².